The molecule has 1 aromatic rings. The highest BCUT2D eigenvalue weighted by atomic mass is 19.1. The molecular weight excluding hydrogens is 425 g/mol. The van der Waals surface area contributed by atoms with E-state index in [1.807, 2.05) is 25.7 Å². The van der Waals surface area contributed by atoms with Gasteiger partial charge in [-0.1, -0.05) is 12.5 Å². The Morgan fingerprint density at radius 3 is 2.45 bits per heavy atom. The summed E-state index contributed by atoms with van der Waals surface area (Å²) in [7, 11) is 0. The highest BCUT2D eigenvalue weighted by molar-refractivity contribution is 5.87. The van der Waals surface area contributed by atoms with Gasteiger partial charge in [0.25, 0.3) is 0 Å². The zero-order valence-electron chi connectivity index (χ0n) is 20.0. The molecule has 2 amide bonds. The third-order valence-electron chi connectivity index (χ3n) is 6.74. The topological polar surface area (TPSA) is 62.3 Å². The van der Waals surface area contributed by atoms with E-state index in [1.54, 1.807) is 12.1 Å². The number of carbonyl (C=O) groups is 2. The van der Waals surface area contributed by atoms with Gasteiger partial charge in [0.1, 0.15) is 23.3 Å². The number of amides is 2. The summed E-state index contributed by atoms with van der Waals surface area (Å²) in [4.78, 5) is 32.6. The second-order valence-corrected chi connectivity index (χ2v) is 10.3. The van der Waals surface area contributed by atoms with Crippen LogP contribution in [-0.2, 0) is 9.53 Å². The maximum Gasteiger partial charge on any atom is 0.411 e. The third kappa shape index (κ3) is 5.78. The molecule has 3 aliphatic rings. The molecule has 0 bridgehead atoms. The van der Waals surface area contributed by atoms with Crippen molar-refractivity contribution in [3.05, 3.63) is 30.1 Å². The van der Waals surface area contributed by atoms with Gasteiger partial charge in [0.05, 0.1) is 0 Å². The van der Waals surface area contributed by atoms with Crippen molar-refractivity contribution in [2.75, 3.05) is 32.7 Å². The van der Waals surface area contributed by atoms with Crippen LogP contribution in [0.1, 0.15) is 52.9 Å². The number of rotatable bonds is 4. The molecule has 2 saturated heterocycles. The molecule has 0 N–H and O–H groups in total. The van der Waals surface area contributed by atoms with Crippen molar-refractivity contribution in [1.29, 1.82) is 0 Å². The average Bonchev–Trinajstić information content (AvgIpc) is 2.95. The van der Waals surface area contributed by atoms with Crippen molar-refractivity contribution in [1.82, 2.24) is 14.7 Å². The van der Waals surface area contributed by atoms with E-state index < -0.39 is 29.7 Å². The van der Waals surface area contributed by atoms with Gasteiger partial charge in [-0.05, 0) is 52.2 Å². The molecule has 0 spiro atoms. The Kier molecular flexibility index (Phi) is 7.12. The standard InChI is InChI=1S/C25H36FN3O4/c1-25(2,3)33-24(31)29-14-11-21(32-20-10-4-7-18(26)17-20)22(29)23(30)28-13-6-12-27(15-16-28)19-8-5-9-19/h4,7,10,17,19,21-22H,5-6,8-9,11-16H2,1-3H3/t21-,22+/m1/s1. The van der Waals surface area contributed by atoms with Crippen molar-refractivity contribution in [3.8, 4) is 5.75 Å². The molecule has 1 aliphatic carbocycles. The van der Waals surface area contributed by atoms with Crippen LogP contribution in [0.15, 0.2) is 24.3 Å². The first-order chi connectivity index (χ1) is 15.7. The van der Waals surface area contributed by atoms with E-state index in [2.05, 4.69) is 4.90 Å². The van der Waals surface area contributed by atoms with Crippen LogP contribution < -0.4 is 4.74 Å². The average molecular weight is 462 g/mol. The number of carbonyl (C=O) groups excluding carboxylic acids is 2. The largest absolute Gasteiger partial charge is 0.488 e. The van der Waals surface area contributed by atoms with Gasteiger partial charge in [0.15, 0.2) is 6.04 Å². The summed E-state index contributed by atoms with van der Waals surface area (Å²) in [5.74, 6) is -0.160. The Morgan fingerprint density at radius 1 is 1.00 bits per heavy atom. The number of hydrogen-bond acceptors (Lipinski definition) is 5. The summed E-state index contributed by atoms with van der Waals surface area (Å²) >= 11 is 0. The second-order valence-electron chi connectivity index (χ2n) is 10.3. The van der Waals surface area contributed by atoms with Crippen molar-refractivity contribution in [2.24, 2.45) is 0 Å². The van der Waals surface area contributed by atoms with E-state index in [9.17, 15) is 14.0 Å². The smallest absolute Gasteiger partial charge is 0.411 e. The molecule has 1 saturated carbocycles. The molecule has 0 radical (unpaired) electrons. The minimum atomic E-state index is -0.793. The molecule has 1 aromatic carbocycles. The van der Waals surface area contributed by atoms with Crippen LogP contribution in [0.25, 0.3) is 0 Å². The summed E-state index contributed by atoms with van der Waals surface area (Å²) in [5.41, 5.74) is -0.669. The molecular formula is C25H36FN3O4. The van der Waals surface area contributed by atoms with Crippen LogP contribution in [0.3, 0.4) is 0 Å². The summed E-state index contributed by atoms with van der Waals surface area (Å²) in [6.45, 7) is 8.93. The van der Waals surface area contributed by atoms with E-state index in [0.717, 1.165) is 19.5 Å². The van der Waals surface area contributed by atoms with Crippen molar-refractivity contribution in [3.63, 3.8) is 0 Å². The van der Waals surface area contributed by atoms with Gasteiger partial charge < -0.3 is 14.4 Å². The molecule has 0 unspecified atom stereocenters. The minimum Gasteiger partial charge on any atom is -0.488 e. The third-order valence-corrected chi connectivity index (χ3v) is 6.74. The molecule has 2 heterocycles. The quantitative estimate of drug-likeness (QED) is 0.685. The van der Waals surface area contributed by atoms with Gasteiger partial charge in [-0.2, -0.15) is 0 Å². The predicted molar refractivity (Wildman–Crippen MR) is 123 cm³/mol. The minimum absolute atomic E-state index is 0.116. The number of likely N-dealkylation sites (tertiary alicyclic amines) is 1. The van der Waals surface area contributed by atoms with E-state index in [-0.39, 0.29) is 5.91 Å². The fourth-order valence-corrected chi connectivity index (χ4v) is 4.88. The first-order valence-electron chi connectivity index (χ1n) is 12.2. The summed E-state index contributed by atoms with van der Waals surface area (Å²) < 4.78 is 25.4. The fraction of sp³-hybridized carbons (Fsp3) is 0.680. The monoisotopic (exact) mass is 461 g/mol. The van der Waals surface area contributed by atoms with Crippen LogP contribution in [0, 0.1) is 5.82 Å². The SMILES string of the molecule is CC(C)(C)OC(=O)N1CC[C@@H](Oc2cccc(F)c2)[C@H]1C(=O)N1CCCN(C2CCC2)CC1. The Hall–Kier alpha value is -2.35. The van der Waals surface area contributed by atoms with Gasteiger partial charge in [-0.3, -0.25) is 14.6 Å². The Labute approximate surface area is 195 Å². The molecule has 7 nitrogen and oxygen atoms in total. The number of nitrogens with zero attached hydrogens (tertiary/aromatic N) is 3. The lowest BCUT2D eigenvalue weighted by Crippen LogP contribution is -2.54. The molecule has 0 aromatic heterocycles. The Bertz CT molecular complexity index is 854. The molecule has 2 atom stereocenters. The van der Waals surface area contributed by atoms with Gasteiger partial charge >= 0.3 is 6.09 Å². The number of ether oxygens (including phenoxy) is 2. The first kappa shape index (κ1) is 23.8. The molecule has 3 fully saturated rings. The van der Waals surface area contributed by atoms with Gasteiger partial charge in [-0.25, -0.2) is 9.18 Å². The van der Waals surface area contributed by atoms with Gasteiger partial charge in [-0.15, -0.1) is 0 Å². The summed E-state index contributed by atoms with van der Waals surface area (Å²) in [5, 5.41) is 0. The Balaban J connectivity index is 1.51. The predicted octanol–water partition coefficient (Wildman–Crippen LogP) is 3.67. The van der Waals surface area contributed by atoms with Gasteiger partial charge in [0.2, 0.25) is 5.91 Å². The second kappa shape index (κ2) is 9.87. The fourth-order valence-electron chi connectivity index (χ4n) is 4.88. The van der Waals surface area contributed by atoms with Crippen molar-refractivity contribution < 1.29 is 23.5 Å². The van der Waals surface area contributed by atoms with E-state index in [4.69, 9.17) is 9.47 Å². The van der Waals surface area contributed by atoms with Crippen LogP contribution in [0.2, 0.25) is 0 Å². The lowest BCUT2D eigenvalue weighted by Gasteiger charge is -2.37. The highest BCUT2D eigenvalue weighted by Crippen LogP contribution is 2.29. The normalized spacial score (nSPS) is 24.8. The number of benzene rings is 1. The molecule has 182 valence electrons. The van der Waals surface area contributed by atoms with E-state index in [1.165, 1.54) is 36.3 Å². The zero-order valence-corrected chi connectivity index (χ0v) is 20.0. The lowest BCUT2D eigenvalue weighted by molar-refractivity contribution is -0.138. The highest BCUT2D eigenvalue weighted by Gasteiger charge is 2.47. The van der Waals surface area contributed by atoms with E-state index in [0.29, 0.717) is 37.8 Å². The van der Waals surface area contributed by atoms with Crippen molar-refractivity contribution in [2.45, 2.75) is 76.7 Å². The van der Waals surface area contributed by atoms with E-state index >= 15 is 0 Å². The zero-order chi connectivity index (χ0) is 23.6. The van der Waals surface area contributed by atoms with Crippen LogP contribution in [0.5, 0.6) is 5.75 Å². The maximum atomic E-state index is 13.8. The lowest BCUT2D eigenvalue weighted by atomic mass is 9.91. The molecule has 2 aliphatic heterocycles. The van der Waals surface area contributed by atoms with Crippen molar-refractivity contribution >= 4 is 12.0 Å². The first-order valence-corrected chi connectivity index (χ1v) is 12.2. The maximum absolute atomic E-state index is 13.8. The van der Waals surface area contributed by atoms with Crippen LogP contribution in [-0.4, -0.2) is 83.2 Å². The summed E-state index contributed by atoms with van der Waals surface area (Å²) in [6.07, 6.45) is 4.09. The number of halogens is 1. The number of hydrogen-bond donors (Lipinski definition) is 0. The van der Waals surface area contributed by atoms with Gasteiger partial charge in [0, 0.05) is 51.3 Å². The molecule has 4 rings (SSSR count). The Morgan fingerprint density at radius 2 is 1.79 bits per heavy atom. The summed E-state index contributed by atoms with van der Waals surface area (Å²) in [6, 6.07) is 5.75. The molecule has 33 heavy (non-hydrogen) atoms. The molecule has 8 heteroatoms. The van der Waals surface area contributed by atoms with Crippen LogP contribution >= 0.6 is 0 Å². The van der Waals surface area contributed by atoms with Crippen LogP contribution in [0.4, 0.5) is 9.18 Å².